The average molecular weight is 291 g/mol. The highest BCUT2D eigenvalue weighted by molar-refractivity contribution is 6.30. The first-order valence-corrected chi connectivity index (χ1v) is 6.18. The van der Waals surface area contributed by atoms with Crippen molar-refractivity contribution in [1.29, 1.82) is 5.26 Å². The van der Waals surface area contributed by atoms with E-state index in [1.165, 1.54) is 6.20 Å². The highest BCUT2D eigenvalue weighted by atomic mass is 35.5. The molecule has 1 aromatic carbocycles. The molecule has 0 radical (unpaired) electrons. The monoisotopic (exact) mass is 290 g/mol. The van der Waals surface area contributed by atoms with Crippen LogP contribution in [0.15, 0.2) is 36.5 Å². The molecule has 0 amide bonds. The number of nitrogens with zero attached hydrogens (tertiary/aromatic N) is 2. The quantitative estimate of drug-likeness (QED) is 0.857. The van der Waals surface area contributed by atoms with Gasteiger partial charge in [-0.1, -0.05) is 11.6 Å². The van der Waals surface area contributed by atoms with Crippen LogP contribution in [0.5, 0.6) is 17.2 Å². The number of benzene rings is 1. The van der Waals surface area contributed by atoms with Crippen LogP contribution in [0, 0.1) is 11.3 Å². The molecule has 0 aliphatic carbocycles. The molecule has 0 aliphatic heterocycles. The topological polar surface area (TPSA) is 75.4 Å². The summed E-state index contributed by atoms with van der Waals surface area (Å²) in [4.78, 5) is 3.82. The molecule has 102 valence electrons. The molecule has 0 spiro atoms. The van der Waals surface area contributed by atoms with Crippen LogP contribution in [-0.4, -0.2) is 23.3 Å². The second kappa shape index (κ2) is 6.75. The van der Waals surface area contributed by atoms with Crippen molar-refractivity contribution in [1.82, 2.24) is 4.98 Å². The maximum absolute atomic E-state index is 9.02. The summed E-state index contributed by atoms with van der Waals surface area (Å²) >= 11 is 5.82. The summed E-state index contributed by atoms with van der Waals surface area (Å²) < 4.78 is 10.8. The molecule has 1 heterocycles. The average Bonchev–Trinajstić information content (AvgIpc) is 2.47. The Morgan fingerprint density at radius 2 is 1.90 bits per heavy atom. The van der Waals surface area contributed by atoms with Gasteiger partial charge in [0.2, 0.25) is 0 Å². The van der Waals surface area contributed by atoms with Gasteiger partial charge in [-0.05, 0) is 24.3 Å². The van der Waals surface area contributed by atoms with Crippen LogP contribution in [0.3, 0.4) is 0 Å². The van der Waals surface area contributed by atoms with Crippen LogP contribution in [0.1, 0.15) is 5.56 Å². The van der Waals surface area contributed by atoms with E-state index in [0.29, 0.717) is 17.2 Å². The predicted octanol–water partition coefficient (Wildman–Crippen LogP) is 2.77. The summed E-state index contributed by atoms with van der Waals surface area (Å²) in [7, 11) is 0. The van der Waals surface area contributed by atoms with Gasteiger partial charge in [0.05, 0.1) is 6.61 Å². The molecule has 0 aliphatic rings. The van der Waals surface area contributed by atoms with Crippen molar-refractivity contribution in [2.45, 2.75) is 0 Å². The summed E-state index contributed by atoms with van der Waals surface area (Å²) in [6.45, 7) is 0.193. The number of pyridine rings is 1. The lowest BCUT2D eigenvalue weighted by Crippen LogP contribution is -2.01. The molecule has 1 N–H and O–H groups in total. The lowest BCUT2D eigenvalue weighted by atomic mass is 10.2. The Bertz CT molecular complexity index is 623. The zero-order chi connectivity index (χ0) is 14.4. The Morgan fingerprint density at radius 3 is 2.55 bits per heavy atom. The Labute approximate surface area is 121 Å². The number of hydrogen-bond acceptors (Lipinski definition) is 5. The van der Waals surface area contributed by atoms with Crippen LogP contribution in [-0.2, 0) is 0 Å². The molecule has 0 saturated heterocycles. The van der Waals surface area contributed by atoms with E-state index in [-0.39, 0.29) is 23.9 Å². The first-order valence-electron chi connectivity index (χ1n) is 5.81. The van der Waals surface area contributed by atoms with Gasteiger partial charge in [-0.25, -0.2) is 4.98 Å². The number of rotatable bonds is 5. The summed E-state index contributed by atoms with van der Waals surface area (Å²) in [5, 5.41) is 17.8. The molecule has 1 aromatic heterocycles. The van der Waals surface area contributed by atoms with Gasteiger partial charge in [0.1, 0.15) is 35.5 Å². The molecule has 0 unspecified atom stereocenters. The standard InChI is InChI=1S/C14H11ClN2O3/c15-14-12(9-16)13(5-6-17-14)20-11-3-1-10(2-4-11)19-8-7-18/h1-6,18H,7-8H2. The second-order valence-electron chi connectivity index (χ2n) is 3.73. The Hall–Kier alpha value is -2.29. The minimum absolute atomic E-state index is 0.0424. The smallest absolute Gasteiger partial charge is 0.150 e. The van der Waals surface area contributed by atoms with Gasteiger partial charge in [-0.2, -0.15) is 5.26 Å². The molecular weight excluding hydrogens is 280 g/mol. The van der Waals surface area contributed by atoms with Crippen molar-refractivity contribution in [3.05, 3.63) is 47.2 Å². The number of aliphatic hydroxyl groups excluding tert-OH is 1. The van der Waals surface area contributed by atoms with Gasteiger partial charge in [0, 0.05) is 12.3 Å². The lowest BCUT2D eigenvalue weighted by molar-refractivity contribution is 0.201. The summed E-state index contributed by atoms with van der Waals surface area (Å²) in [5.41, 5.74) is 0.190. The molecule has 0 fully saturated rings. The fourth-order valence-corrected chi connectivity index (χ4v) is 1.69. The number of aromatic nitrogens is 1. The van der Waals surface area contributed by atoms with Crippen molar-refractivity contribution < 1.29 is 14.6 Å². The van der Waals surface area contributed by atoms with Crippen LogP contribution >= 0.6 is 11.6 Å². The summed E-state index contributed by atoms with van der Waals surface area (Å²) in [5.74, 6) is 1.51. The lowest BCUT2D eigenvalue weighted by Gasteiger charge is -2.09. The number of ether oxygens (including phenoxy) is 2. The predicted molar refractivity (Wildman–Crippen MR) is 73.1 cm³/mol. The minimum Gasteiger partial charge on any atom is -0.491 e. The van der Waals surface area contributed by atoms with Gasteiger partial charge in [-0.15, -0.1) is 0 Å². The zero-order valence-electron chi connectivity index (χ0n) is 10.4. The molecule has 2 aromatic rings. The van der Waals surface area contributed by atoms with E-state index in [1.807, 2.05) is 6.07 Å². The van der Waals surface area contributed by atoms with Gasteiger partial charge in [0.25, 0.3) is 0 Å². The maximum Gasteiger partial charge on any atom is 0.150 e. The highest BCUT2D eigenvalue weighted by Gasteiger charge is 2.09. The van der Waals surface area contributed by atoms with Crippen LogP contribution < -0.4 is 9.47 Å². The second-order valence-corrected chi connectivity index (χ2v) is 4.09. The van der Waals surface area contributed by atoms with Crippen LogP contribution in [0.2, 0.25) is 5.15 Å². The van der Waals surface area contributed by atoms with Crippen molar-refractivity contribution in [3.8, 4) is 23.3 Å². The van der Waals surface area contributed by atoms with Crippen molar-refractivity contribution in [2.24, 2.45) is 0 Å². The van der Waals surface area contributed by atoms with E-state index in [2.05, 4.69) is 4.98 Å². The van der Waals surface area contributed by atoms with E-state index < -0.39 is 0 Å². The molecule has 2 rings (SSSR count). The van der Waals surface area contributed by atoms with E-state index in [1.54, 1.807) is 30.3 Å². The summed E-state index contributed by atoms with van der Waals surface area (Å²) in [6.07, 6.45) is 1.47. The van der Waals surface area contributed by atoms with Crippen LogP contribution in [0.25, 0.3) is 0 Å². The highest BCUT2D eigenvalue weighted by Crippen LogP contribution is 2.29. The Kier molecular flexibility index (Phi) is 4.77. The number of hydrogen-bond donors (Lipinski definition) is 1. The third-order valence-corrected chi connectivity index (χ3v) is 2.68. The van der Waals surface area contributed by atoms with Gasteiger partial charge in [0.15, 0.2) is 5.15 Å². The fourth-order valence-electron chi connectivity index (χ4n) is 1.50. The van der Waals surface area contributed by atoms with Crippen molar-refractivity contribution in [2.75, 3.05) is 13.2 Å². The van der Waals surface area contributed by atoms with E-state index in [4.69, 9.17) is 31.4 Å². The Morgan fingerprint density at radius 1 is 1.20 bits per heavy atom. The van der Waals surface area contributed by atoms with Crippen molar-refractivity contribution in [3.63, 3.8) is 0 Å². The van der Waals surface area contributed by atoms with E-state index in [9.17, 15) is 0 Å². The van der Waals surface area contributed by atoms with Crippen LogP contribution in [0.4, 0.5) is 0 Å². The fraction of sp³-hybridized carbons (Fsp3) is 0.143. The molecule has 0 bridgehead atoms. The normalized spacial score (nSPS) is 9.85. The summed E-state index contributed by atoms with van der Waals surface area (Å²) in [6, 6.07) is 10.3. The largest absolute Gasteiger partial charge is 0.491 e. The van der Waals surface area contributed by atoms with Crippen molar-refractivity contribution >= 4 is 11.6 Å². The third-order valence-electron chi connectivity index (χ3n) is 2.39. The third kappa shape index (κ3) is 3.38. The Balaban J connectivity index is 2.15. The molecule has 0 saturated carbocycles. The first-order chi connectivity index (χ1) is 9.74. The van der Waals surface area contributed by atoms with E-state index >= 15 is 0 Å². The number of nitriles is 1. The van der Waals surface area contributed by atoms with Gasteiger partial charge < -0.3 is 14.6 Å². The molecule has 0 atom stereocenters. The zero-order valence-corrected chi connectivity index (χ0v) is 11.2. The molecular formula is C14H11ClN2O3. The molecule has 5 nitrogen and oxygen atoms in total. The molecule has 6 heteroatoms. The van der Waals surface area contributed by atoms with Gasteiger partial charge >= 0.3 is 0 Å². The minimum atomic E-state index is -0.0424. The van der Waals surface area contributed by atoms with Gasteiger partial charge in [-0.3, -0.25) is 0 Å². The number of halogens is 1. The molecule has 20 heavy (non-hydrogen) atoms. The maximum atomic E-state index is 9.02. The van der Waals surface area contributed by atoms with E-state index in [0.717, 1.165) is 0 Å². The number of aliphatic hydroxyl groups is 1. The SMILES string of the molecule is N#Cc1c(Oc2ccc(OCCO)cc2)ccnc1Cl. The first kappa shape index (κ1) is 14.1.